The molecule has 2 fully saturated rings. The summed E-state index contributed by atoms with van der Waals surface area (Å²) in [6, 6.07) is 7.69. The van der Waals surface area contributed by atoms with E-state index in [0.717, 1.165) is 18.8 Å². The Kier molecular flexibility index (Phi) is 7.42. The van der Waals surface area contributed by atoms with E-state index in [4.69, 9.17) is 0 Å². The molecule has 0 saturated carbocycles. The molecule has 3 rings (SSSR count). The first-order valence-corrected chi connectivity index (χ1v) is 7.30. The molecule has 1 aromatic rings. The van der Waals surface area contributed by atoms with Crippen LogP contribution in [-0.4, -0.2) is 42.8 Å². The lowest BCUT2D eigenvalue weighted by Gasteiger charge is -2.19. The SMILES string of the molecule is Cl.Cl.O=C(Nc1cccc(N2CCCC2)c1)C1CC(O)CN1. The minimum atomic E-state index is -0.415. The molecule has 2 aliphatic heterocycles. The molecule has 0 aliphatic carbocycles. The standard InChI is InChI=1S/C15H21N3O2.2ClH/c19-13-9-14(16-10-13)15(20)17-11-4-3-5-12(8-11)18-6-1-2-7-18;;/h3-5,8,13-14,16,19H,1-2,6-7,9-10H2,(H,17,20);2*1H. The van der Waals surface area contributed by atoms with E-state index in [9.17, 15) is 9.90 Å². The van der Waals surface area contributed by atoms with Crippen LogP contribution in [0, 0.1) is 0 Å². The molecular weight excluding hydrogens is 325 g/mol. The van der Waals surface area contributed by atoms with Gasteiger partial charge in [-0.2, -0.15) is 0 Å². The van der Waals surface area contributed by atoms with Gasteiger partial charge in [-0.05, 0) is 37.5 Å². The second-order valence-corrected chi connectivity index (χ2v) is 5.58. The molecule has 124 valence electrons. The van der Waals surface area contributed by atoms with Crippen LogP contribution in [-0.2, 0) is 4.79 Å². The average molecular weight is 348 g/mol. The first-order chi connectivity index (χ1) is 9.72. The van der Waals surface area contributed by atoms with Gasteiger partial charge in [0.25, 0.3) is 0 Å². The highest BCUT2D eigenvalue weighted by molar-refractivity contribution is 5.95. The quantitative estimate of drug-likeness (QED) is 0.779. The largest absolute Gasteiger partial charge is 0.392 e. The maximum Gasteiger partial charge on any atom is 0.241 e. The summed E-state index contributed by atoms with van der Waals surface area (Å²) in [5, 5.41) is 15.4. The molecule has 0 radical (unpaired) electrons. The van der Waals surface area contributed by atoms with E-state index in [1.54, 1.807) is 0 Å². The molecule has 7 heteroatoms. The topological polar surface area (TPSA) is 64.6 Å². The number of benzene rings is 1. The number of rotatable bonds is 3. The van der Waals surface area contributed by atoms with Gasteiger partial charge in [-0.15, -0.1) is 24.8 Å². The maximum absolute atomic E-state index is 12.1. The maximum atomic E-state index is 12.1. The summed E-state index contributed by atoms with van der Waals surface area (Å²) in [6.07, 6.45) is 2.54. The van der Waals surface area contributed by atoms with Gasteiger partial charge >= 0.3 is 0 Å². The summed E-state index contributed by atoms with van der Waals surface area (Å²) >= 11 is 0. The summed E-state index contributed by atoms with van der Waals surface area (Å²) in [5.74, 6) is -0.0693. The Morgan fingerprint density at radius 1 is 1.27 bits per heavy atom. The van der Waals surface area contributed by atoms with Crippen molar-refractivity contribution in [2.24, 2.45) is 0 Å². The van der Waals surface area contributed by atoms with Gasteiger partial charge in [0.2, 0.25) is 5.91 Å². The lowest BCUT2D eigenvalue weighted by molar-refractivity contribution is -0.117. The van der Waals surface area contributed by atoms with Crippen LogP contribution in [0.15, 0.2) is 24.3 Å². The average Bonchev–Trinajstić information content (AvgIpc) is 3.10. The van der Waals surface area contributed by atoms with Gasteiger partial charge in [-0.25, -0.2) is 0 Å². The molecule has 3 N–H and O–H groups in total. The smallest absolute Gasteiger partial charge is 0.241 e. The highest BCUT2D eigenvalue weighted by Crippen LogP contribution is 2.23. The van der Waals surface area contributed by atoms with Gasteiger partial charge in [0.1, 0.15) is 0 Å². The van der Waals surface area contributed by atoms with Crippen molar-refractivity contribution in [2.75, 3.05) is 29.9 Å². The molecule has 2 heterocycles. The van der Waals surface area contributed by atoms with Crippen molar-refractivity contribution < 1.29 is 9.90 Å². The number of aliphatic hydroxyl groups excluding tert-OH is 1. The summed E-state index contributed by atoms with van der Waals surface area (Å²) in [5.41, 5.74) is 1.99. The normalized spacial score (nSPS) is 23.6. The number of hydrogen-bond acceptors (Lipinski definition) is 4. The van der Waals surface area contributed by atoms with Gasteiger partial charge in [0.15, 0.2) is 0 Å². The highest BCUT2D eigenvalue weighted by atomic mass is 35.5. The van der Waals surface area contributed by atoms with Crippen LogP contribution in [0.5, 0.6) is 0 Å². The van der Waals surface area contributed by atoms with E-state index in [2.05, 4.69) is 21.6 Å². The number of hydrogen-bond donors (Lipinski definition) is 3. The first kappa shape index (κ1) is 19.0. The third kappa shape index (κ3) is 4.49. The molecule has 2 aliphatic rings. The molecule has 2 unspecified atom stereocenters. The zero-order valence-electron chi connectivity index (χ0n) is 12.3. The summed E-state index contributed by atoms with van der Waals surface area (Å²) in [6.45, 7) is 2.67. The van der Waals surface area contributed by atoms with Gasteiger partial charge in [0.05, 0.1) is 12.1 Å². The van der Waals surface area contributed by atoms with Crippen LogP contribution in [0.25, 0.3) is 0 Å². The Bertz CT molecular complexity index is 495. The molecule has 0 bridgehead atoms. The monoisotopic (exact) mass is 347 g/mol. The molecule has 0 aromatic heterocycles. The molecule has 2 atom stereocenters. The van der Waals surface area contributed by atoms with Crippen molar-refractivity contribution in [2.45, 2.75) is 31.4 Å². The molecular formula is C15H23Cl2N3O2. The van der Waals surface area contributed by atoms with Gasteiger partial charge in [-0.1, -0.05) is 6.07 Å². The summed E-state index contributed by atoms with van der Waals surface area (Å²) in [7, 11) is 0. The molecule has 0 spiro atoms. The minimum Gasteiger partial charge on any atom is -0.392 e. The Hall–Kier alpha value is -1.01. The van der Waals surface area contributed by atoms with Crippen molar-refractivity contribution in [3.8, 4) is 0 Å². The predicted octanol–water partition coefficient (Wildman–Crippen LogP) is 1.79. The zero-order valence-corrected chi connectivity index (χ0v) is 14.0. The number of aliphatic hydroxyl groups is 1. The van der Waals surface area contributed by atoms with Crippen LogP contribution in [0.4, 0.5) is 11.4 Å². The number of carbonyl (C=O) groups excluding carboxylic acids is 1. The number of halogens is 2. The van der Waals surface area contributed by atoms with Gasteiger partial charge in [-0.3, -0.25) is 4.79 Å². The second kappa shape index (κ2) is 8.58. The third-order valence-electron chi connectivity index (χ3n) is 4.01. The number of amides is 1. The highest BCUT2D eigenvalue weighted by Gasteiger charge is 2.28. The number of carbonyl (C=O) groups is 1. The Labute approximate surface area is 143 Å². The fourth-order valence-corrected chi connectivity index (χ4v) is 2.90. The van der Waals surface area contributed by atoms with Gasteiger partial charge < -0.3 is 20.6 Å². The van der Waals surface area contributed by atoms with E-state index in [-0.39, 0.29) is 36.8 Å². The van der Waals surface area contributed by atoms with E-state index in [0.29, 0.717) is 13.0 Å². The lowest BCUT2D eigenvalue weighted by Crippen LogP contribution is -2.35. The number of nitrogens with one attached hydrogen (secondary N) is 2. The van der Waals surface area contributed by atoms with Crippen molar-refractivity contribution in [3.63, 3.8) is 0 Å². The van der Waals surface area contributed by atoms with Crippen LogP contribution in [0.1, 0.15) is 19.3 Å². The van der Waals surface area contributed by atoms with Crippen molar-refractivity contribution in [1.29, 1.82) is 0 Å². The first-order valence-electron chi connectivity index (χ1n) is 7.30. The zero-order chi connectivity index (χ0) is 13.9. The van der Waals surface area contributed by atoms with Crippen LogP contribution in [0.2, 0.25) is 0 Å². The van der Waals surface area contributed by atoms with E-state index < -0.39 is 6.10 Å². The molecule has 1 aromatic carbocycles. The van der Waals surface area contributed by atoms with Crippen LogP contribution >= 0.6 is 24.8 Å². The van der Waals surface area contributed by atoms with Crippen molar-refractivity contribution in [3.05, 3.63) is 24.3 Å². The Morgan fingerprint density at radius 2 is 2.00 bits per heavy atom. The Balaban J connectivity index is 0.00000121. The van der Waals surface area contributed by atoms with E-state index >= 15 is 0 Å². The van der Waals surface area contributed by atoms with Crippen LogP contribution < -0.4 is 15.5 Å². The minimum absolute atomic E-state index is 0. The predicted molar refractivity (Wildman–Crippen MR) is 93.4 cm³/mol. The number of β-amino-alcohol motifs (C(OH)–C–C–N with tert-alkyl or cyclic N) is 1. The third-order valence-corrected chi connectivity index (χ3v) is 4.01. The van der Waals surface area contributed by atoms with Crippen LogP contribution in [0.3, 0.4) is 0 Å². The Morgan fingerprint density at radius 3 is 2.64 bits per heavy atom. The molecule has 2 saturated heterocycles. The number of nitrogens with zero attached hydrogens (tertiary/aromatic N) is 1. The molecule has 22 heavy (non-hydrogen) atoms. The number of anilines is 2. The summed E-state index contributed by atoms with van der Waals surface area (Å²) < 4.78 is 0. The lowest BCUT2D eigenvalue weighted by atomic mass is 10.2. The summed E-state index contributed by atoms with van der Waals surface area (Å²) in [4.78, 5) is 14.4. The van der Waals surface area contributed by atoms with E-state index in [1.807, 2.05) is 18.2 Å². The van der Waals surface area contributed by atoms with Gasteiger partial charge in [0, 0.05) is 31.0 Å². The van der Waals surface area contributed by atoms with Crippen molar-refractivity contribution in [1.82, 2.24) is 5.32 Å². The molecule has 5 nitrogen and oxygen atoms in total. The fourth-order valence-electron chi connectivity index (χ4n) is 2.90. The van der Waals surface area contributed by atoms with Crippen molar-refractivity contribution >= 4 is 42.1 Å². The molecule has 1 amide bonds. The van der Waals surface area contributed by atoms with E-state index in [1.165, 1.54) is 18.5 Å². The second-order valence-electron chi connectivity index (χ2n) is 5.58. The fraction of sp³-hybridized carbons (Fsp3) is 0.533.